The summed E-state index contributed by atoms with van der Waals surface area (Å²) in [5.74, 6) is -0.887. The number of ketones is 1. The van der Waals surface area contributed by atoms with E-state index in [4.69, 9.17) is 4.42 Å². The van der Waals surface area contributed by atoms with Gasteiger partial charge in [0.2, 0.25) is 0 Å². The van der Waals surface area contributed by atoms with Gasteiger partial charge >= 0.3 is 5.63 Å². The predicted molar refractivity (Wildman–Crippen MR) is 130 cm³/mol. The Bertz CT molecular complexity index is 1410. The molecule has 9 nitrogen and oxygen atoms in total. The lowest BCUT2D eigenvalue weighted by molar-refractivity contribution is 0.0968. The molecule has 186 valence electrons. The lowest BCUT2D eigenvalue weighted by atomic mass is 9.85. The van der Waals surface area contributed by atoms with E-state index in [9.17, 15) is 23.1 Å². The van der Waals surface area contributed by atoms with Gasteiger partial charge in [0.15, 0.2) is 10.8 Å². The van der Waals surface area contributed by atoms with E-state index in [1.54, 1.807) is 31.3 Å². The number of anilines is 1. The zero-order chi connectivity index (χ0) is 25.2. The van der Waals surface area contributed by atoms with Gasteiger partial charge in [-0.25, -0.2) is 9.78 Å². The fourth-order valence-corrected chi connectivity index (χ4v) is 5.58. The molecule has 0 saturated carbocycles. The number of aryl methyl sites for hydroxylation is 2. The molecule has 2 aromatic heterocycles. The van der Waals surface area contributed by atoms with Crippen LogP contribution < -0.4 is 10.3 Å². The fraction of sp³-hybridized carbons (Fsp3) is 0.400. The second-order valence-corrected chi connectivity index (χ2v) is 10.5. The standard InChI is InChI=1S/C25H29N3O6S/c1-3-8-18(22-24(30)23-19(29)11-5-4-6-12-20(23)34-25(22)31)16-9-7-10-17(13-16)27-35(32,33)21-14-28(2)15-26-21/h7,9-10,13-15,18,27,30H,3-6,8,11-12H2,1-2H3. The van der Waals surface area contributed by atoms with Crippen molar-refractivity contribution < 1.29 is 22.7 Å². The topological polar surface area (TPSA) is 132 Å². The highest BCUT2D eigenvalue weighted by atomic mass is 32.2. The zero-order valence-corrected chi connectivity index (χ0v) is 20.6. The van der Waals surface area contributed by atoms with Gasteiger partial charge in [0, 0.05) is 37.7 Å². The molecule has 1 aliphatic rings. The van der Waals surface area contributed by atoms with Gasteiger partial charge in [-0.3, -0.25) is 9.52 Å². The summed E-state index contributed by atoms with van der Waals surface area (Å²) >= 11 is 0. The fourth-order valence-electron chi connectivity index (χ4n) is 4.55. The van der Waals surface area contributed by atoms with Crippen molar-refractivity contribution >= 4 is 21.5 Å². The van der Waals surface area contributed by atoms with Crippen LogP contribution in [0.3, 0.4) is 0 Å². The van der Waals surface area contributed by atoms with E-state index in [-0.39, 0.29) is 39.9 Å². The van der Waals surface area contributed by atoms with Crippen LogP contribution in [0, 0.1) is 0 Å². The molecule has 0 fully saturated rings. The number of aromatic nitrogens is 2. The third kappa shape index (κ3) is 5.17. The number of benzene rings is 1. The van der Waals surface area contributed by atoms with E-state index >= 15 is 0 Å². The van der Waals surface area contributed by atoms with E-state index in [2.05, 4.69) is 9.71 Å². The summed E-state index contributed by atoms with van der Waals surface area (Å²) in [7, 11) is -2.24. The maximum Gasteiger partial charge on any atom is 0.343 e. The van der Waals surface area contributed by atoms with Crippen LogP contribution in [-0.4, -0.2) is 28.9 Å². The molecule has 4 rings (SSSR count). The van der Waals surface area contributed by atoms with Crippen molar-refractivity contribution in [1.82, 2.24) is 9.55 Å². The SMILES string of the molecule is CCCC(c1cccc(NS(=O)(=O)c2cn(C)cn2)c1)c1c(O)c2c(oc1=O)CCCCCC2=O. The number of aromatic hydroxyl groups is 1. The minimum Gasteiger partial charge on any atom is -0.506 e. The number of nitrogens with one attached hydrogen (secondary N) is 1. The lowest BCUT2D eigenvalue weighted by Gasteiger charge is -2.21. The number of nitrogens with zero attached hydrogens (tertiary/aromatic N) is 2. The van der Waals surface area contributed by atoms with Crippen molar-refractivity contribution in [3.8, 4) is 5.75 Å². The summed E-state index contributed by atoms with van der Waals surface area (Å²) in [5, 5.41) is 11.0. The Kier molecular flexibility index (Phi) is 7.11. The molecule has 0 spiro atoms. The maximum atomic E-state index is 13.0. The number of hydrogen-bond donors (Lipinski definition) is 2. The molecule has 10 heteroatoms. The zero-order valence-electron chi connectivity index (χ0n) is 19.8. The van der Waals surface area contributed by atoms with Gasteiger partial charge in [-0.15, -0.1) is 0 Å². The quantitative estimate of drug-likeness (QED) is 0.500. The maximum absolute atomic E-state index is 13.0. The highest BCUT2D eigenvalue weighted by molar-refractivity contribution is 7.92. The Morgan fingerprint density at radius 2 is 1.97 bits per heavy atom. The molecular weight excluding hydrogens is 470 g/mol. The van der Waals surface area contributed by atoms with Gasteiger partial charge in [-0.2, -0.15) is 8.42 Å². The number of imidazole rings is 1. The average molecular weight is 500 g/mol. The number of rotatable bonds is 7. The molecule has 3 aromatic rings. The highest BCUT2D eigenvalue weighted by Gasteiger charge is 2.30. The van der Waals surface area contributed by atoms with Crippen LogP contribution in [0.25, 0.3) is 0 Å². The van der Waals surface area contributed by atoms with E-state index in [1.165, 1.54) is 17.1 Å². The molecule has 0 radical (unpaired) electrons. The number of carbonyl (C=O) groups is 1. The van der Waals surface area contributed by atoms with Crippen molar-refractivity contribution in [2.24, 2.45) is 7.05 Å². The lowest BCUT2D eigenvalue weighted by Crippen LogP contribution is -2.20. The van der Waals surface area contributed by atoms with E-state index in [1.807, 2.05) is 6.92 Å². The molecule has 0 amide bonds. The molecule has 1 atom stereocenters. The first-order valence-electron chi connectivity index (χ1n) is 11.7. The van der Waals surface area contributed by atoms with Gasteiger partial charge in [-0.1, -0.05) is 31.9 Å². The van der Waals surface area contributed by atoms with E-state index < -0.39 is 21.6 Å². The molecule has 0 bridgehead atoms. The third-order valence-corrected chi connectivity index (χ3v) is 7.48. The Morgan fingerprint density at radius 3 is 2.69 bits per heavy atom. The molecule has 1 unspecified atom stereocenters. The van der Waals surface area contributed by atoms with Gasteiger partial charge in [0.1, 0.15) is 11.5 Å². The first-order chi connectivity index (χ1) is 16.7. The smallest absolute Gasteiger partial charge is 0.343 e. The second kappa shape index (κ2) is 10.1. The van der Waals surface area contributed by atoms with Gasteiger partial charge in [0.05, 0.1) is 17.5 Å². The Morgan fingerprint density at radius 1 is 1.20 bits per heavy atom. The summed E-state index contributed by atoms with van der Waals surface area (Å²) in [6.07, 6.45) is 7.03. The summed E-state index contributed by atoms with van der Waals surface area (Å²) in [6.45, 7) is 1.94. The molecule has 0 aliphatic heterocycles. The van der Waals surface area contributed by atoms with Crippen LogP contribution in [0.1, 0.15) is 78.6 Å². The van der Waals surface area contributed by atoms with Crippen molar-refractivity contribution in [2.45, 2.75) is 62.8 Å². The number of carbonyl (C=O) groups excluding carboxylic acids is 1. The normalized spacial score (nSPS) is 15.2. The summed E-state index contributed by atoms with van der Waals surface area (Å²) in [5.41, 5.74) is 0.374. The third-order valence-electron chi connectivity index (χ3n) is 6.22. The Balaban J connectivity index is 1.76. The predicted octanol–water partition coefficient (Wildman–Crippen LogP) is 4.11. The van der Waals surface area contributed by atoms with Gasteiger partial charge < -0.3 is 14.1 Å². The highest BCUT2D eigenvalue weighted by Crippen LogP contribution is 2.38. The van der Waals surface area contributed by atoms with Gasteiger partial charge in [-0.05, 0) is 37.0 Å². The molecule has 35 heavy (non-hydrogen) atoms. The van der Waals surface area contributed by atoms with Gasteiger partial charge in [0.25, 0.3) is 10.0 Å². The van der Waals surface area contributed by atoms with Crippen molar-refractivity contribution in [3.05, 3.63) is 69.7 Å². The monoisotopic (exact) mass is 499 g/mol. The Hall–Kier alpha value is -3.40. The minimum absolute atomic E-state index is 0.0317. The summed E-state index contributed by atoms with van der Waals surface area (Å²) in [6, 6.07) is 6.65. The second-order valence-electron chi connectivity index (χ2n) is 8.88. The number of Topliss-reactive ketones (excluding diaryl/α,β-unsaturated/α-hetero) is 1. The molecule has 2 heterocycles. The van der Waals surface area contributed by atoms with E-state index in [0.717, 1.165) is 19.3 Å². The van der Waals surface area contributed by atoms with Crippen LogP contribution in [0.5, 0.6) is 5.75 Å². The largest absolute Gasteiger partial charge is 0.506 e. The molecule has 1 aliphatic carbocycles. The van der Waals surface area contributed by atoms with Crippen molar-refractivity contribution in [1.29, 1.82) is 0 Å². The molecule has 2 N–H and O–H groups in total. The van der Waals surface area contributed by atoms with E-state index in [0.29, 0.717) is 30.5 Å². The first kappa shape index (κ1) is 24.7. The Labute approximate surface area is 203 Å². The number of fused-ring (bicyclic) bond motifs is 1. The van der Waals surface area contributed by atoms with Crippen molar-refractivity contribution in [3.63, 3.8) is 0 Å². The van der Waals surface area contributed by atoms with Crippen molar-refractivity contribution in [2.75, 3.05) is 4.72 Å². The van der Waals surface area contributed by atoms with Crippen LogP contribution in [-0.2, 0) is 23.5 Å². The number of sulfonamides is 1. The van der Waals surface area contributed by atoms with Crippen LogP contribution in [0.15, 0.2) is 51.0 Å². The minimum atomic E-state index is -3.91. The van der Waals surface area contributed by atoms with Crippen LogP contribution in [0.2, 0.25) is 0 Å². The molecule has 1 aromatic carbocycles. The molecule has 0 saturated heterocycles. The first-order valence-corrected chi connectivity index (χ1v) is 13.2. The summed E-state index contributed by atoms with van der Waals surface area (Å²) < 4.78 is 35.1. The molecular formula is C25H29N3O6S. The average Bonchev–Trinajstić information content (AvgIpc) is 3.24. The number of hydrogen-bond acceptors (Lipinski definition) is 7. The summed E-state index contributed by atoms with van der Waals surface area (Å²) in [4.78, 5) is 29.7. The van der Waals surface area contributed by atoms with Crippen LogP contribution in [0.4, 0.5) is 5.69 Å². The van der Waals surface area contributed by atoms with Crippen LogP contribution >= 0.6 is 0 Å².